The largest absolute Gasteiger partial charge is 0.497 e. The molecule has 0 saturated carbocycles. The first kappa shape index (κ1) is 18.9. The van der Waals surface area contributed by atoms with Gasteiger partial charge in [0.1, 0.15) is 5.75 Å². The zero-order chi connectivity index (χ0) is 20.1. The van der Waals surface area contributed by atoms with Crippen LogP contribution in [0, 0.1) is 0 Å². The molecule has 29 heavy (non-hydrogen) atoms. The van der Waals surface area contributed by atoms with Crippen molar-refractivity contribution in [2.45, 2.75) is 17.5 Å². The van der Waals surface area contributed by atoms with Crippen LogP contribution in [0.25, 0.3) is 22.8 Å². The van der Waals surface area contributed by atoms with Gasteiger partial charge < -0.3 is 9.26 Å². The minimum atomic E-state index is 0.498. The zero-order valence-electron chi connectivity index (χ0n) is 15.9. The lowest BCUT2D eigenvalue weighted by Gasteiger charge is -2.07. The predicted octanol–water partition coefficient (Wildman–Crippen LogP) is 4.48. The molecule has 7 nitrogen and oxygen atoms in total. The van der Waals surface area contributed by atoms with Gasteiger partial charge in [0, 0.05) is 17.7 Å². The van der Waals surface area contributed by atoms with Crippen molar-refractivity contribution >= 4 is 11.8 Å². The maximum atomic E-state index is 5.38. The van der Waals surface area contributed by atoms with Crippen molar-refractivity contribution in [2.24, 2.45) is 0 Å². The van der Waals surface area contributed by atoms with Gasteiger partial charge in [0.05, 0.1) is 12.9 Å². The number of thioether (sulfide) groups is 1. The van der Waals surface area contributed by atoms with Crippen molar-refractivity contribution < 1.29 is 9.26 Å². The summed E-state index contributed by atoms with van der Waals surface area (Å²) >= 11 is 1.49. The number of allylic oxidation sites excluding steroid dienone is 1. The Morgan fingerprint density at radius 1 is 1.07 bits per heavy atom. The summed E-state index contributed by atoms with van der Waals surface area (Å²) in [6.45, 7) is 4.44. The van der Waals surface area contributed by atoms with Crippen LogP contribution in [0.3, 0.4) is 0 Å². The molecule has 0 aliphatic heterocycles. The number of rotatable bonds is 8. The molecule has 0 unspecified atom stereocenters. The highest BCUT2D eigenvalue weighted by Gasteiger charge is 2.16. The van der Waals surface area contributed by atoms with E-state index in [2.05, 4.69) is 26.9 Å². The summed E-state index contributed by atoms with van der Waals surface area (Å²) in [4.78, 5) is 4.47. The van der Waals surface area contributed by atoms with E-state index in [0.717, 1.165) is 27.9 Å². The van der Waals surface area contributed by atoms with Crippen LogP contribution < -0.4 is 4.74 Å². The van der Waals surface area contributed by atoms with E-state index in [1.807, 2.05) is 65.2 Å². The standard InChI is InChI=1S/C21H19N5O2S/c1-3-13-26-20(16-9-11-17(27-2)12-10-16)23-24-21(26)29-14-18-22-19(25-28-18)15-7-5-4-6-8-15/h3-12H,1,13-14H2,2H3. The maximum absolute atomic E-state index is 5.38. The highest BCUT2D eigenvalue weighted by molar-refractivity contribution is 7.98. The van der Waals surface area contributed by atoms with E-state index >= 15 is 0 Å². The number of aromatic nitrogens is 5. The number of benzene rings is 2. The molecule has 2 heterocycles. The number of hydrogen-bond acceptors (Lipinski definition) is 7. The smallest absolute Gasteiger partial charge is 0.237 e. The second kappa shape index (κ2) is 8.74. The zero-order valence-corrected chi connectivity index (χ0v) is 16.7. The average molecular weight is 405 g/mol. The van der Waals surface area contributed by atoms with Gasteiger partial charge in [0.25, 0.3) is 0 Å². The summed E-state index contributed by atoms with van der Waals surface area (Å²) in [5.74, 6) is 3.17. The first-order valence-corrected chi connectivity index (χ1v) is 9.96. The molecule has 0 aliphatic carbocycles. The molecule has 0 N–H and O–H groups in total. The second-order valence-electron chi connectivity index (χ2n) is 6.10. The molecule has 8 heteroatoms. The molecule has 2 aromatic carbocycles. The van der Waals surface area contributed by atoms with Crippen LogP contribution >= 0.6 is 11.8 Å². The fraction of sp³-hybridized carbons (Fsp3) is 0.143. The Morgan fingerprint density at radius 2 is 1.86 bits per heavy atom. The summed E-state index contributed by atoms with van der Waals surface area (Å²) in [5, 5.41) is 13.5. The molecule has 146 valence electrons. The van der Waals surface area contributed by atoms with E-state index in [1.165, 1.54) is 11.8 Å². The fourth-order valence-corrected chi connectivity index (χ4v) is 3.57. The lowest BCUT2D eigenvalue weighted by molar-refractivity contribution is 0.391. The van der Waals surface area contributed by atoms with Crippen LogP contribution in [0.5, 0.6) is 5.75 Å². The molecule has 0 fully saturated rings. The fourth-order valence-electron chi connectivity index (χ4n) is 2.79. The monoisotopic (exact) mass is 405 g/mol. The van der Waals surface area contributed by atoms with Crippen molar-refractivity contribution in [3.8, 4) is 28.5 Å². The highest BCUT2D eigenvalue weighted by Crippen LogP contribution is 2.28. The van der Waals surface area contributed by atoms with Crippen LogP contribution in [-0.2, 0) is 12.3 Å². The number of hydrogen-bond donors (Lipinski definition) is 0. The quantitative estimate of drug-likeness (QED) is 0.316. The summed E-state index contributed by atoms with van der Waals surface area (Å²) in [5.41, 5.74) is 1.88. The summed E-state index contributed by atoms with van der Waals surface area (Å²) in [6, 6.07) is 17.5. The second-order valence-corrected chi connectivity index (χ2v) is 7.04. The Kier molecular flexibility index (Phi) is 5.71. The van der Waals surface area contributed by atoms with E-state index in [4.69, 9.17) is 9.26 Å². The molecule has 0 aliphatic rings. The molecular formula is C21H19N5O2S. The average Bonchev–Trinajstić information content (AvgIpc) is 3.41. The highest BCUT2D eigenvalue weighted by atomic mass is 32.2. The SMILES string of the molecule is C=CCn1c(SCc2nc(-c3ccccc3)no2)nnc1-c1ccc(OC)cc1. The Morgan fingerprint density at radius 3 is 2.59 bits per heavy atom. The van der Waals surface area contributed by atoms with E-state index < -0.39 is 0 Å². The van der Waals surface area contributed by atoms with Crippen LogP contribution in [0.2, 0.25) is 0 Å². The third-order valence-corrected chi connectivity index (χ3v) is 5.15. The molecule has 0 radical (unpaired) electrons. The van der Waals surface area contributed by atoms with Crippen LogP contribution in [0.4, 0.5) is 0 Å². The van der Waals surface area contributed by atoms with Gasteiger partial charge in [-0.15, -0.1) is 16.8 Å². The van der Waals surface area contributed by atoms with Gasteiger partial charge in [-0.2, -0.15) is 4.98 Å². The lowest BCUT2D eigenvalue weighted by Crippen LogP contribution is -2.00. The number of methoxy groups -OCH3 is 1. The maximum Gasteiger partial charge on any atom is 0.237 e. The number of nitrogens with zero attached hydrogens (tertiary/aromatic N) is 5. The van der Waals surface area contributed by atoms with E-state index in [9.17, 15) is 0 Å². The van der Waals surface area contributed by atoms with Gasteiger partial charge in [0.2, 0.25) is 11.7 Å². The topological polar surface area (TPSA) is 78.9 Å². The molecule has 0 spiro atoms. The Hall–Kier alpha value is -3.39. The van der Waals surface area contributed by atoms with Gasteiger partial charge in [-0.3, -0.25) is 4.57 Å². The van der Waals surface area contributed by atoms with Crippen molar-refractivity contribution in [1.29, 1.82) is 0 Å². The van der Waals surface area contributed by atoms with Crippen molar-refractivity contribution in [2.75, 3.05) is 7.11 Å². The molecule has 2 aromatic heterocycles. The van der Waals surface area contributed by atoms with E-state index in [1.54, 1.807) is 7.11 Å². The molecule has 4 rings (SSSR count). The van der Waals surface area contributed by atoms with Crippen molar-refractivity contribution in [3.05, 3.63) is 73.1 Å². The van der Waals surface area contributed by atoms with Gasteiger partial charge in [-0.25, -0.2) is 0 Å². The lowest BCUT2D eigenvalue weighted by atomic mass is 10.2. The molecule has 0 saturated heterocycles. The summed E-state index contributed by atoms with van der Waals surface area (Å²) in [6.07, 6.45) is 1.82. The Balaban J connectivity index is 1.52. The minimum Gasteiger partial charge on any atom is -0.497 e. The van der Waals surface area contributed by atoms with Gasteiger partial charge >= 0.3 is 0 Å². The summed E-state index contributed by atoms with van der Waals surface area (Å²) < 4.78 is 12.6. The molecule has 0 amide bonds. The van der Waals surface area contributed by atoms with Crippen LogP contribution in [-0.4, -0.2) is 32.0 Å². The first-order chi connectivity index (χ1) is 14.3. The third-order valence-electron chi connectivity index (χ3n) is 4.20. The molecule has 4 aromatic rings. The number of ether oxygens (including phenoxy) is 1. The Labute approximate surface area is 172 Å². The summed E-state index contributed by atoms with van der Waals surface area (Å²) in [7, 11) is 1.64. The molecule has 0 bridgehead atoms. The van der Waals surface area contributed by atoms with Gasteiger partial charge in [0.15, 0.2) is 11.0 Å². The molecular weight excluding hydrogens is 386 g/mol. The van der Waals surface area contributed by atoms with Gasteiger partial charge in [-0.1, -0.05) is 53.3 Å². The first-order valence-electron chi connectivity index (χ1n) is 8.98. The van der Waals surface area contributed by atoms with Crippen molar-refractivity contribution in [3.63, 3.8) is 0 Å². The van der Waals surface area contributed by atoms with Crippen LogP contribution in [0.15, 0.2) is 76.9 Å². The van der Waals surface area contributed by atoms with E-state index in [0.29, 0.717) is 24.0 Å². The Bertz CT molecular complexity index is 1090. The minimum absolute atomic E-state index is 0.498. The van der Waals surface area contributed by atoms with E-state index in [-0.39, 0.29) is 0 Å². The van der Waals surface area contributed by atoms with Gasteiger partial charge in [-0.05, 0) is 24.3 Å². The predicted molar refractivity (Wildman–Crippen MR) is 112 cm³/mol. The van der Waals surface area contributed by atoms with Crippen LogP contribution in [0.1, 0.15) is 5.89 Å². The normalized spacial score (nSPS) is 10.8. The third kappa shape index (κ3) is 4.22. The van der Waals surface area contributed by atoms with Crippen molar-refractivity contribution in [1.82, 2.24) is 24.9 Å². The molecule has 0 atom stereocenters.